The van der Waals surface area contributed by atoms with E-state index in [-0.39, 0.29) is 28.2 Å². The van der Waals surface area contributed by atoms with Gasteiger partial charge in [0.1, 0.15) is 5.75 Å². The molecule has 0 unspecified atom stereocenters. The molecule has 0 aromatic heterocycles. The van der Waals surface area contributed by atoms with Crippen molar-refractivity contribution in [1.29, 1.82) is 0 Å². The van der Waals surface area contributed by atoms with Crippen LogP contribution >= 0.6 is 0 Å². The number of hydrogen-bond donors (Lipinski definition) is 1. The molecular formula is C17H25NO4S. The molecule has 2 rings (SSSR count). The number of carbonyl (C=O) groups excluding carboxylic acids is 1. The fraction of sp³-hybridized carbons (Fsp3) is 0.588. The average molecular weight is 339 g/mol. The maximum absolute atomic E-state index is 12.4. The van der Waals surface area contributed by atoms with Crippen molar-refractivity contribution in [2.45, 2.75) is 38.5 Å². The van der Waals surface area contributed by atoms with E-state index in [1.807, 2.05) is 25.7 Å². The molecule has 1 saturated heterocycles. The van der Waals surface area contributed by atoms with Gasteiger partial charge in [-0.1, -0.05) is 20.8 Å². The predicted molar refractivity (Wildman–Crippen MR) is 88.9 cm³/mol. The number of nitrogens with zero attached hydrogens (tertiary/aromatic N) is 1. The Morgan fingerprint density at radius 3 is 2.17 bits per heavy atom. The van der Waals surface area contributed by atoms with Crippen LogP contribution < -0.4 is 0 Å². The zero-order chi connectivity index (χ0) is 17.3. The molecular weight excluding hydrogens is 314 g/mol. The molecule has 0 spiro atoms. The maximum Gasteiger partial charge on any atom is 0.227 e. The van der Waals surface area contributed by atoms with Gasteiger partial charge < -0.3 is 10.0 Å². The number of benzene rings is 1. The van der Waals surface area contributed by atoms with Gasteiger partial charge in [0.25, 0.3) is 0 Å². The second kappa shape index (κ2) is 6.51. The van der Waals surface area contributed by atoms with Crippen molar-refractivity contribution in [3.05, 3.63) is 24.3 Å². The third-order valence-corrected chi connectivity index (χ3v) is 6.09. The Morgan fingerprint density at radius 2 is 1.70 bits per heavy atom. The van der Waals surface area contributed by atoms with Crippen molar-refractivity contribution >= 4 is 15.7 Å². The quantitative estimate of drug-likeness (QED) is 0.918. The van der Waals surface area contributed by atoms with E-state index >= 15 is 0 Å². The van der Waals surface area contributed by atoms with E-state index in [0.29, 0.717) is 25.9 Å². The first-order chi connectivity index (χ1) is 10.6. The lowest BCUT2D eigenvalue weighted by Crippen LogP contribution is -2.44. The van der Waals surface area contributed by atoms with Crippen molar-refractivity contribution in [3.8, 4) is 5.75 Å². The molecule has 0 aliphatic carbocycles. The number of carbonyl (C=O) groups is 1. The normalized spacial score (nSPS) is 17.3. The summed E-state index contributed by atoms with van der Waals surface area (Å²) in [4.78, 5) is 14.3. The molecule has 0 saturated carbocycles. The summed E-state index contributed by atoms with van der Waals surface area (Å²) in [6.45, 7) is 6.93. The van der Waals surface area contributed by atoms with E-state index < -0.39 is 15.3 Å². The molecule has 128 valence electrons. The van der Waals surface area contributed by atoms with Crippen LogP contribution in [0.3, 0.4) is 0 Å². The van der Waals surface area contributed by atoms with Gasteiger partial charge in [0.15, 0.2) is 9.84 Å². The lowest BCUT2D eigenvalue weighted by atomic mass is 9.91. The molecule has 1 aromatic rings. The number of rotatable bonds is 3. The van der Waals surface area contributed by atoms with Gasteiger partial charge in [-0.2, -0.15) is 0 Å². The molecule has 0 atom stereocenters. The van der Waals surface area contributed by atoms with Crippen molar-refractivity contribution in [2.24, 2.45) is 11.3 Å². The van der Waals surface area contributed by atoms with Gasteiger partial charge in [0.05, 0.1) is 10.6 Å². The van der Waals surface area contributed by atoms with Crippen LogP contribution in [0.1, 0.15) is 33.6 Å². The lowest BCUT2D eigenvalue weighted by Gasteiger charge is -2.35. The molecule has 1 aliphatic heterocycles. The Morgan fingerprint density at radius 1 is 1.17 bits per heavy atom. The first-order valence-corrected chi connectivity index (χ1v) is 9.56. The highest BCUT2D eigenvalue weighted by Crippen LogP contribution is 2.26. The first kappa shape index (κ1) is 17.8. The Kier molecular flexibility index (Phi) is 5.04. The standard InChI is InChI=1S/C17H25NO4S/c1-17(2,3)16(20)18-10-8-13(9-11-18)12-23(21,22)15-6-4-14(19)5-7-15/h4-7,13,19H,8-12H2,1-3H3. The molecule has 1 N–H and O–H groups in total. The van der Waals surface area contributed by atoms with E-state index in [0.717, 1.165) is 0 Å². The molecule has 1 aliphatic rings. The van der Waals surface area contributed by atoms with Crippen LogP contribution in [0.25, 0.3) is 0 Å². The minimum atomic E-state index is -3.36. The maximum atomic E-state index is 12.4. The average Bonchev–Trinajstić information content (AvgIpc) is 2.46. The fourth-order valence-corrected chi connectivity index (χ4v) is 4.53. The molecule has 0 radical (unpaired) electrons. The molecule has 23 heavy (non-hydrogen) atoms. The highest BCUT2D eigenvalue weighted by atomic mass is 32.2. The van der Waals surface area contributed by atoms with Gasteiger partial charge >= 0.3 is 0 Å². The third kappa shape index (κ3) is 4.47. The van der Waals surface area contributed by atoms with E-state index in [1.165, 1.54) is 24.3 Å². The Labute approximate surface area is 138 Å². The summed E-state index contributed by atoms with van der Waals surface area (Å²) in [6, 6.07) is 5.64. The highest BCUT2D eigenvalue weighted by molar-refractivity contribution is 7.91. The Hall–Kier alpha value is -1.56. The number of amides is 1. The minimum absolute atomic E-state index is 0.0537. The van der Waals surface area contributed by atoms with Crippen molar-refractivity contribution in [2.75, 3.05) is 18.8 Å². The van der Waals surface area contributed by atoms with Gasteiger partial charge in [-0.15, -0.1) is 0 Å². The van der Waals surface area contributed by atoms with Crippen LogP contribution in [-0.2, 0) is 14.6 Å². The summed E-state index contributed by atoms with van der Waals surface area (Å²) in [7, 11) is -3.36. The predicted octanol–water partition coefficient (Wildman–Crippen LogP) is 2.45. The monoisotopic (exact) mass is 339 g/mol. The minimum Gasteiger partial charge on any atom is -0.508 e. The zero-order valence-electron chi connectivity index (χ0n) is 13.9. The summed E-state index contributed by atoms with van der Waals surface area (Å²) in [6.07, 6.45) is 1.41. The third-order valence-electron chi connectivity index (χ3n) is 4.19. The van der Waals surface area contributed by atoms with Crippen LogP contribution in [0.15, 0.2) is 29.2 Å². The Balaban J connectivity index is 1.96. The zero-order valence-corrected chi connectivity index (χ0v) is 14.8. The van der Waals surface area contributed by atoms with Gasteiger partial charge in [-0.3, -0.25) is 4.79 Å². The van der Waals surface area contributed by atoms with Crippen LogP contribution in [0.4, 0.5) is 0 Å². The molecule has 1 heterocycles. The van der Waals surface area contributed by atoms with Crippen molar-refractivity contribution in [3.63, 3.8) is 0 Å². The SMILES string of the molecule is CC(C)(C)C(=O)N1CCC(CS(=O)(=O)c2ccc(O)cc2)CC1. The molecule has 1 fully saturated rings. The topological polar surface area (TPSA) is 74.7 Å². The van der Waals surface area contributed by atoms with E-state index in [2.05, 4.69) is 0 Å². The molecule has 5 nitrogen and oxygen atoms in total. The van der Waals surface area contributed by atoms with Crippen LogP contribution in [0, 0.1) is 11.3 Å². The molecule has 1 aromatic carbocycles. The number of phenolic OH excluding ortho intramolecular Hbond substituents is 1. The van der Waals surface area contributed by atoms with Crippen LogP contribution in [-0.4, -0.2) is 43.2 Å². The van der Waals surface area contributed by atoms with Crippen molar-refractivity contribution < 1.29 is 18.3 Å². The smallest absolute Gasteiger partial charge is 0.227 e. The van der Waals surface area contributed by atoms with Gasteiger partial charge in [-0.25, -0.2) is 8.42 Å². The fourth-order valence-electron chi connectivity index (χ4n) is 2.84. The Bertz CT molecular complexity index is 651. The molecule has 0 bridgehead atoms. The van der Waals surface area contributed by atoms with Gasteiger partial charge in [0, 0.05) is 18.5 Å². The summed E-state index contributed by atoms with van der Waals surface area (Å²) in [5.41, 5.74) is -0.398. The largest absolute Gasteiger partial charge is 0.508 e. The molecule has 6 heteroatoms. The van der Waals surface area contributed by atoms with E-state index in [4.69, 9.17) is 0 Å². The summed E-state index contributed by atoms with van der Waals surface area (Å²) < 4.78 is 24.8. The van der Waals surface area contributed by atoms with Gasteiger partial charge in [0.2, 0.25) is 5.91 Å². The van der Waals surface area contributed by atoms with E-state index in [1.54, 1.807) is 0 Å². The number of hydrogen-bond acceptors (Lipinski definition) is 4. The van der Waals surface area contributed by atoms with Crippen LogP contribution in [0.2, 0.25) is 0 Å². The second-order valence-corrected chi connectivity index (χ2v) is 9.30. The second-order valence-electron chi connectivity index (χ2n) is 7.26. The number of likely N-dealkylation sites (tertiary alicyclic amines) is 1. The first-order valence-electron chi connectivity index (χ1n) is 7.91. The van der Waals surface area contributed by atoms with E-state index in [9.17, 15) is 18.3 Å². The number of phenols is 1. The van der Waals surface area contributed by atoms with Crippen LogP contribution in [0.5, 0.6) is 5.75 Å². The summed E-state index contributed by atoms with van der Waals surface area (Å²) in [5, 5.41) is 9.26. The number of piperidine rings is 1. The number of sulfone groups is 1. The number of aromatic hydroxyl groups is 1. The summed E-state index contributed by atoms with van der Waals surface area (Å²) >= 11 is 0. The molecule has 1 amide bonds. The summed E-state index contributed by atoms with van der Waals surface area (Å²) in [5.74, 6) is 0.336. The highest BCUT2D eigenvalue weighted by Gasteiger charge is 2.32. The van der Waals surface area contributed by atoms with Crippen molar-refractivity contribution in [1.82, 2.24) is 4.90 Å². The van der Waals surface area contributed by atoms with Gasteiger partial charge in [-0.05, 0) is 43.0 Å². The lowest BCUT2D eigenvalue weighted by molar-refractivity contribution is -0.140.